The van der Waals surface area contributed by atoms with Gasteiger partial charge in [0, 0.05) is 57.0 Å². The van der Waals surface area contributed by atoms with Gasteiger partial charge in [0.25, 0.3) is 0 Å². The third-order valence-electron chi connectivity index (χ3n) is 9.45. The van der Waals surface area contributed by atoms with Gasteiger partial charge in [0.2, 0.25) is 0 Å². The Kier molecular flexibility index (Phi) is 5.98. The summed E-state index contributed by atoms with van der Waals surface area (Å²) < 4.78 is 5.24. The Morgan fingerprint density at radius 3 is 1.81 bits per heavy atom. The highest BCUT2D eigenvalue weighted by Gasteiger charge is 2.22. The predicted molar refractivity (Wildman–Crippen MR) is 207 cm³/mol. The number of hydrogen-bond donors (Lipinski definition) is 0. The van der Waals surface area contributed by atoms with E-state index in [9.17, 15) is 0 Å². The molecule has 0 unspecified atom stereocenters. The highest BCUT2D eigenvalue weighted by molar-refractivity contribution is 7.26. The van der Waals surface area contributed by atoms with Gasteiger partial charge >= 0.3 is 0 Å². The van der Waals surface area contributed by atoms with Crippen molar-refractivity contribution in [3.05, 3.63) is 164 Å². The molecule has 0 aliphatic carbocycles. The van der Waals surface area contributed by atoms with Crippen molar-refractivity contribution in [2.24, 2.45) is 0 Å². The highest BCUT2D eigenvalue weighted by atomic mass is 32.1. The van der Waals surface area contributed by atoms with Crippen LogP contribution in [0.25, 0.3) is 73.0 Å². The number of hydrogen-bond acceptors (Lipinski definition) is 3. The van der Waals surface area contributed by atoms with Crippen LogP contribution in [0.4, 0.5) is 17.1 Å². The molecule has 2 aromatic heterocycles. The average Bonchev–Trinajstić information content (AvgIpc) is 3.70. The monoisotopic (exact) mass is 633 g/mol. The number of rotatable bonds is 4. The van der Waals surface area contributed by atoms with Crippen molar-refractivity contribution in [1.82, 2.24) is 0 Å². The third-order valence-corrected chi connectivity index (χ3v) is 11.7. The lowest BCUT2D eigenvalue weighted by atomic mass is 9.95. The molecule has 10 aromatic rings. The van der Waals surface area contributed by atoms with Gasteiger partial charge in [0.05, 0.1) is 11.4 Å². The van der Waals surface area contributed by atoms with Gasteiger partial charge in [-0.05, 0) is 64.2 Å². The van der Waals surface area contributed by atoms with Crippen LogP contribution in [0.2, 0.25) is 0 Å². The topological polar surface area (TPSA) is 3.24 Å². The number of thiophene rings is 2. The van der Waals surface area contributed by atoms with E-state index in [1.54, 1.807) is 0 Å². The van der Waals surface area contributed by atoms with Gasteiger partial charge in [0.15, 0.2) is 0 Å². The lowest BCUT2D eigenvalue weighted by Gasteiger charge is -2.30. The van der Waals surface area contributed by atoms with Crippen LogP contribution in [0, 0.1) is 0 Å². The summed E-state index contributed by atoms with van der Waals surface area (Å²) in [5.41, 5.74) is 5.97. The summed E-state index contributed by atoms with van der Waals surface area (Å²) in [6.07, 6.45) is 0. The molecule has 0 amide bonds. The van der Waals surface area contributed by atoms with Gasteiger partial charge in [-0.15, -0.1) is 22.7 Å². The minimum atomic E-state index is 1.15. The van der Waals surface area contributed by atoms with E-state index in [1.165, 1.54) is 78.7 Å². The standard InChI is InChI=1S/C44H27NS2/c1-2-13-30-28(12-1)26-39(32-15-4-3-14-31(30)32)45(29-24-25-35-34-17-6-9-21-40(34)47-43(35)27-29)38-20-8-5-16-33(38)36-19-11-23-42-44(36)37-18-7-10-22-41(37)46-42/h1-27H. The van der Waals surface area contributed by atoms with E-state index >= 15 is 0 Å². The largest absolute Gasteiger partial charge is 0.309 e. The predicted octanol–water partition coefficient (Wildman–Crippen LogP) is 13.9. The first kappa shape index (κ1) is 26.7. The normalized spacial score (nSPS) is 11.8. The number of fused-ring (bicyclic) bond motifs is 9. The summed E-state index contributed by atoms with van der Waals surface area (Å²) in [4.78, 5) is 2.50. The Bertz CT molecular complexity index is 2820. The maximum absolute atomic E-state index is 2.50. The zero-order valence-corrected chi connectivity index (χ0v) is 27.0. The van der Waals surface area contributed by atoms with E-state index in [4.69, 9.17) is 0 Å². The Balaban J connectivity index is 1.31. The van der Waals surface area contributed by atoms with Crippen LogP contribution >= 0.6 is 22.7 Å². The molecule has 0 atom stereocenters. The Morgan fingerprint density at radius 2 is 0.936 bits per heavy atom. The first-order chi connectivity index (χ1) is 23.3. The zero-order valence-electron chi connectivity index (χ0n) is 25.4. The Morgan fingerprint density at radius 1 is 0.340 bits per heavy atom. The molecule has 0 saturated heterocycles. The van der Waals surface area contributed by atoms with Crippen molar-refractivity contribution >= 4 is 102 Å². The van der Waals surface area contributed by atoms with Crippen molar-refractivity contribution < 1.29 is 0 Å². The van der Waals surface area contributed by atoms with E-state index in [1.807, 2.05) is 22.7 Å². The van der Waals surface area contributed by atoms with E-state index in [0.717, 1.165) is 11.4 Å². The lowest BCUT2D eigenvalue weighted by molar-refractivity contribution is 1.31. The maximum atomic E-state index is 2.50. The molecule has 0 N–H and O–H groups in total. The smallest absolute Gasteiger partial charge is 0.0546 e. The zero-order chi connectivity index (χ0) is 30.9. The Hall–Kier alpha value is -5.48. The Labute approximate surface area is 280 Å². The van der Waals surface area contributed by atoms with Crippen LogP contribution in [0.3, 0.4) is 0 Å². The van der Waals surface area contributed by atoms with Crippen molar-refractivity contribution in [1.29, 1.82) is 0 Å². The molecule has 220 valence electrons. The minimum absolute atomic E-state index is 1.15. The quantitative estimate of drug-likeness (QED) is 0.174. The molecular weight excluding hydrogens is 607 g/mol. The number of anilines is 3. The number of nitrogens with zero attached hydrogens (tertiary/aromatic N) is 1. The molecule has 10 rings (SSSR count). The molecule has 1 nitrogen and oxygen atoms in total. The van der Waals surface area contributed by atoms with Crippen molar-refractivity contribution in [3.63, 3.8) is 0 Å². The number of benzene rings is 8. The van der Waals surface area contributed by atoms with Crippen molar-refractivity contribution in [2.45, 2.75) is 0 Å². The van der Waals surface area contributed by atoms with Gasteiger partial charge in [-0.1, -0.05) is 121 Å². The van der Waals surface area contributed by atoms with Crippen LogP contribution in [-0.2, 0) is 0 Å². The van der Waals surface area contributed by atoms with Gasteiger partial charge in [-0.2, -0.15) is 0 Å². The van der Waals surface area contributed by atoms with Crippen LogP contribution < -0.4 is 4.90 Å². The molecule has 0 spiro atoms. The van der Waals surface area contributed by atoms with Crippen molar-refractivity contribution in [2.75, 3.05) is 4.90 Å². The highest BCUT2D eigenvalue weighted by Crippen LogP contribution is 2.49. The molecule has 0 bridgehead atoms. The van der Waals surface area contributed by atoms with Gasteiger partial charge in [0.1, 0.15) is 0 Å². The molecular formula is C44H27NS2. The second-order valence-corrected chi connectivity index (χ2v) is 14.2. The van der Waals surface area contributed by atoms with Crippen LogP contribution in [-0.4, -0.2) is 0 Å². The fraction of sp³-hybridized carbons (Fsp3) is 0. The minimum Gasteiger partial charge on any atom is -0.309 e. The second kappa shape index (κ2) is 10.5. The van der Waals surface area contributed by atoms with E-state index in [-0.39, 0.29) is 0 Å². The van der Waals surface area contributed by atoms with E-state index in [0.29, 0.717) is 0 Å². The van der Waals surface area contributed by atoms with E-state index < -0.39 is 0 Å². The summed E-state index contributed by atoms with van der Waals surface area (Å²) in [5.74, 6) is 0. The second-order valence-electron chi connectivity index (χ2n) is 12.1. The first-order valence-corrected chi connectivity index (χ1v) is 17.6. The molecule has 8 aromatic carbocycles. The fourth-order valence-corrected chi connectivity index (χ4v) is 9.65. The summed E-state index contributed by atoms with van der Waals surface area (Å²) in [7, 11) is 0. The van der Waals surface area contributed by atoms with Crippen LogP contribution in [0.15, 0.2) is 164 Å². The molecule has 0 saturated carbocycles. The molecule has 0 radical (unpaired) electrons. The summed E-state index contributed by atoms with van der Waals surface area (Å²) >= 11 is 3.74. The van der Waals surface area contributed by atoms with E-state index in [2.05, 4.69) is 169 Å². The van der Waals surface area contributed by atoms with Crippen LogP contribution in [0.5, 0.6) is 0 Å². The van der Waals surface area contributed by atoms with Gasteiger partial charge in [-0.25, -0.2) is 0 Å². The third kappa shape index (κ3) is 4.14. The lowest BCUT2D eigenvalue weighted by Crippen LogP contribution is -2.12. The van der Waals surface area contributed by atoms with Crippen LogP contribution in [0.1, 0.15) is 0 Å². The molecule has 0 aliphatic rings. The SMILES string of the molecule is c1ccc(N(c2ccc3c(c2)sc2ccccc23)c2cc3ccccc3c3ccccc23)c(-c2cccc3sc4ccccc4c23)c1. The average molecular weight is 634 g/mol. The first-order valence-electron chi connectivity index (χ1n) is 15.9. The summed E-state index contributed by atoms with van der Waals surface area (Å²) in [6, 6.07) is 60.3. The molecule has 0 fully saturated rings. The van der Waals surface area contributed by atoms with Gasteiger partial charge in [-0.3, -0.25) is 0 Å². The molecule has 3 heteroatoms. The fourth-order valence-electron chi connectivity index (χ4n) is 7.38. The maximum Gasteiger partial charge on any atom is 0.0546 e. The number of para-hydroxylation sites is 1. The van der Waals surface area contributed by atoms with Crippen molar-refractivity contribution in [3.8, 4) is 11.1 Å². The summed E-state index contributed by atoms with van der Waals surface area (Å²) in [6.45, 7) is 0. The molecule has 0 aliphatic heterocycles. The summed E-state index contributed by atoms with van der Waals surface area (Å²) in [5, 5.41) is 10.3. The van der Waals surface area contributed by atoms with Gasteiger partial charge < -0.3 is 4.90 Å². The molecule has 47 heavy (non-hydrogen) atoms. The molecule has 2 heterocycles.